The third-order valence-corrected chi connectivity index (χ3v) is 4.88. The summed E-state index contributed by atoms with van der Waals surface area (Å²) >= 11 is 14.5. The van der Waals surface area contributed by atoms with Crippen LogP contribution in [-0.4, -0.2) is 14.3 Å². The Balaban J connectivity index is 2.77. The van der Waals surface area contributed by atoms with E-state index in [2.05, 4.69) is 57.6 Å². The minimum atomic E-state index is 0.222. The molecule has 0 unspecified atom stereocenters. The fourth-order valence-corrected chi connectivity index (χ4v) is 2.95. The van der Waals surface area contributed by atoms with Gasteiger partial charge in [-0.1, -0.05) is 20.8 Å². The van der Waals surface area contributed by atoms with Gasteiger partial charge in [0.05, 0.1) is 5.88 Å². The molecule has 0 aliphatic heterocycles. The van der Waals surface area contributed by atoms with Crippen LogP contribution < -0.4 is 0 Å². The van der Waals surface area contributed by atoms with Gasteiger partial charge in [0.1, 0.15) is 9.21 Å². The molecule has 0 spiro atoms. The number of hydrogen-bond acceptors (Lipinski definition) is 2. The number of imidazole rings is 1. The van der Waals surface area contributed by atoms with Gasteiger partial charge >= 0.3 is 0 Å². The topological polar surface area (TPSA) is 17.8 Å². The number of halogens is 3. The van der Waals surface area contributed by atoms with Crippen molar-refractivity contribution in [3.05, 3.63) is 14.5 Å². The zero-order valence-corrected chi connectivity index (χ0v) is 12.9. The van der Waals surface area contributed by atoms with E-state index in [0.717, 1.165) is 15.1 Å². The summed E-state index contributed by atoms with van der Waals surface area (Å²) in [7, 11) is 0. The van der Waals surface area contributed by atoms with Gasteiger partial charge < -0.3 is 0 Å². The molecular weight excluding hydrogens is 351 g/mol. The lowest BCUT2D eigenvalue weighted by molar-refractivity contribution is 0.780. The normalized spacial score (nSPS) is 12.1. The molecule has 1 aromatic rings. The van der Waals surface area contributed by atoms with Crippen LogP contribution in [0.4, 0.5) is 0 Å². The van der Waals surface area contributed by atoms with Gasteiger partial charge in [-0.15, -0.1) is 11.8 Å². The maximum atomic E-state index is 5.96. The minimum absolute atomic E-state index is 0.222. The average molecular weight is 363 g/mol. The van der Waals surface area contributed by atoms with E-state index in [9.17, 15) is 0 Å². The molecule has 0 aromatic carbocycles. The van der Waals surface area contributed by atoms with Crippen molar-refractivity contribution in [1.82, 2.24) is 9.55 Å². The molecule has 6 heteroatoms. The molecule has 2 nitrogen and oxygen atoms in total. The second kappa shape index (κ2) is 4.76. The smallest absolute Gasteiger partial charge is 0.205 e. The van der Waals surface area contributed by atoms with Crippen molar-refractivity contribution in [3.63, 3.8) is 0 Å². The lowest BCUT2D eigenvalue weighted by Crippen LogP contribution is -2.10. The van der Waals surface area contributed by atoms with Crippen LogP contribution in [0.1, 0.15) is 20.8 Å². The molecule has 0 radical (unpaired) electrons. The van der Waals surface area contributed by atoms with Crippen molar-refractivity contribution in [2.75, 3.05) is 0 Å². The molecule has 0 N–H and O–H groups in total. The maximum Gasteiger partial charge on any atom is 0.205 e. The molecular formula is C8H11Br2ClN2S. The standard InChI is InChI=1S/C8H11Br2ClN2S/c1-8(2,3)14-4-13-6(10)5(9)12-7(13)11/h4H2,1-3H3. The third kappa shape index (κ3) is 3.43. The van der Waals surface area contributed by atoms with Gasteiger partial charge in [-0.05, 0) is 43.5 Å². The summed E-state index contributed by atoms with van der Waals surface area (Å²) in [5.41, 5.74) is 0. The van der Waals surface area contributed by atoms with Gasteiger partial charge in [0.15, 0.2) is 0 Å². The predicted octanol–water partition coefficient (Wildman–Crippen LogP) is 4.55. The van der Waals surface area contributed by atoms with Crippen molar-refractivity contribution in [1.29, 1.82) is 0 Å². The van der Waals surface area contributed by atoms with Gasteiger partial charge in [0, 0.05) is 4.75 Å². The van der Waals surface area contributed by atoms with Gasteiger partial charge in [-0.3, -0.25) is 4.57 Å². The molecule has 0 amide bonds. The second-order valence-electron chi connectivity index (χ2n) is 3.78. The second-order valence-corrected chi connectivity index (χ2v) is 7.39. The first-order valence-corrected chi connectivity index (χ1v) is 6.97. The molecule has 1 aromatic heterocycles. The van der Waals surface area contributed by atoms with E-state index < -0.39 is 0 Å². The molecule has 0 saturated heterocycles. The van der Waals surface area contributed by atoms with Crippen molar-refractivity contribution in [2.24, 2.45) is 0 Å². The fraction of sp³-hybridized carbons (Fsp3) is 0.625. The van der Waals surface area contributed by atoms with E-state index in [1.54, 1.807) is 0 Å². The maximum absolute atomic E-state index is 5.96. The molecule has 0 aliphatic carbocycles. The number of thioether (sulfide) groups is 1. The predicted molar refractivity (Wildman–Crippen MR) is 70.0 cm³/mol. The summed E-state index contributed by atoms with van der Waals surface area (Å²) in [4.78, 5) is 4.10. The molecule has 0 fully saturated rings. The summed E-state index contributed by atoms with van der Waals surface area (Å²) in [6, 6.07) is 0. The largest absolute Gasteiger partial charge is 0.298 e. The monoisotopic (exact) mass is 360 g/mol. The van der Waals surface area contributed by atoms with Crippen LogP contribution in [-0.2, 0) is 5.88 Å². The van der Waals surface area contributed by atoms with E-state index >= 15 is 0 Å². The van der Waals surface area contributed by atoms with Crippen LogP contribution in [0.15, 0.2) is 9.21 Å². The molecule has 1 rings (SSSR count). The number of rotatable bonds is 2. The van der Waals surface area contributed by atoms with Crippen LogP contribution in [0, 0.1) is 0 Å². The van der Waals surface area contributed by atoms with E-state index in [1.807, 2.05) is 16.3 Å². The summed E-state index contributed by atoms with van der Waals surface area (Å²) in [5, 5.41) is 0.500. The van der Waals surface area contributed by atoms with Crippen molar-refractivity contribution in [2.45, 2.75) is 31.4 Å². The van der Waals surface area contributed by atoms with E-state index in [1.165, 1.54) is 0 Å². The molecule has 0 atom stereocenters. The number of aromatic nitrogens is 2. The summed E-state index contributed by atoms with van der Waals surface area (Å²) in [6.45, 7) is 6.52. The fourth-order valence-electron chi connectivity index (χ4n) is 0.748. The van der Waals surface area contributed by atoms with Gasteiger partial charge in [0.25, 0.3) is 0 Å². The van der Waals surface area contributed by atoms with Crippen LogP contribution in [0.2, 0.25) is 5.28 Å². The summed E-state index contributed by atoms with van der Waals surface area (Å²) in [5.74, 6) is 0.793. The first-order valence-electron chi connectivity index (χ1n) is 4.02. The van der Waals surface area contributed by atoms with Crippen LogP contribution in [0.3, 0.4) is 0 Å². The van der Waals surface area contributed by atoms with Crippen LogP contribution in [0.25, 0.3) is 0 Å². The first-order chi connectivity index (χ1) is 6.31. The quantitative estimate of drug-likeness (QED) is 0.768. The zero-order chi connectivity index (χ0) is 10.9. The van der Waals surface area contributed by atoms with Gasteiger partial charge in [0.2, 0.25) is 5.28 Å². The lowest BCUT2D eigenvalue weighted by atomic mass is 10.3. The molecule has 0 saturated carbocycles. The molecule has 1 heterocycles. The van der Waals surface area contributed by atoms with Gasteiger partial charge in [-0.2, -0.15) is 0 Å². The van der Waals surface area contributed by atoms with E-state index in [-0.39, 0.29) is 4.75 Å². The Kier molecular flexibility index (Phi) is 4.38. The van der Waals surface area contributed by atoms with Gasteiger partial charge in [-0.25, -0.2) is 4.98 Å². The highest BCUT2D eigenvalue weighted by Gasteiger charge is 2.15. The Morgan fingerprint density at radius 2 is 2.00 bits per heavy atom. The number of hydrogen-bond donors (Lipinski definition) is 0. The minimum Gasteiger partial charge on any atom is -0.298 e. The van der Waals surface area contributed by atoms with Crippen LogP contribution in [0.5, 0.6) is 0 Å². The molecule has 80 valence electrons. The molecule has 0 bridgehead atoms. The SMILES string of the molecule is CC(C)(C)SCn1c(Cl)nc(Br)c1Br. The average Bonchev–Trinajstić information content (AvgIpc) is 2.23. The summed E-state index contributed by atoms with van der Waals surface area (Å²) < 4.78 is 3.78. The Labute approximate surface area is 110 Å². The van der Waals surface area contributed by atoms with E-state index in [0.29, 0.717) is 5.28 Å². The lowest BCUT2D eigenvalue weighted by Gasteiger charge is -2.18. The van der Waals surface area contributed by atoms with Crippen molar-refractivity contribution >= 4 is 55.2 Å². The molecule has 0 aliphatic rings. The highest BCUT2D eigenvalue weighted by atomic mass is 79.9. The molecule has 14 heavy (non-hydrogen) atoms. The third-order valence-electron chi connectivity index (χ3n) is 1.45. The Morgan fingerprint density at radius 3 is 2.36 bits per heavy atom. The highest BCUT2D eigenvalue weighted by molar-refractivity contribution is 9.13. The van der Waals surface area contributed by atoms with E-state index in [4.69, 9.17) is 11.6 Å². The van der Waals surface area contributed by atoms with Crippen molar-refractivity contribution in [3.8, 4) is 0 Å². The highest BCUT2D eigenvalue weighted by Crippen LogP contribution is 2.31. The Hall–Kier alpha value is 0.810. The summed E-state index contributed by atoms with van der Waals surface area (Å²) in [6.07, 6.45) is 0. The Morgan fingerprint density at radius 1 is 1.43 bits per heavy atom. The number of nitrogens with zero attached hydrogens (tertiary/aromatic N) is 2. The van der Waals surface area contributed by atoms with Crippen molar-refractivity contribution < 1.29 is 0 Å². The first kappa shape index (κ1) is 12.9. The Bertz CT molecular complexity index is 333. The zero-order valence-electron chi connectivity index (χ0n) is 8.14. The van der Waals surface area contributed by atoms with Crippen LogP contribution >= 0.6 is 55.2 Å².